The minimum atomic E-state index is -3.35. The first-order valence-corrected chi connectivity index (χ1v) is 7.08. The van der Waals surface area contributed by atoms with E-state index in [-0.39, 0.29) is 5.75 Å². The summed E-state index contributed by atoms with van der Waals surface area (Å²) in [5.41, 5.74) is 0.908. The Labute approximate surface area is 97.0 Å². The van der Waals surface area contributed by atoms with Crippen molar-refractivity contribution in [3.8, 4) is 0 Å². The molecule has 0 aliphatic heterocycles. The Hall–Kier alpha value is -0.870. The molecule has 0 bridgehead atoms. The third-order valence-electron chi connectivity index (χ3n) is 2.38. The molecule has 1 aromatic carbocycles. The molecular weight excluding hydrogens is 224 g/mol. The van der Waals surface area contributed by atoms with E-state index in [9.17, 15) is 13.5 Å². The summed E-state index contributed by atoms with van der Waals surface area (Å²) in [5.74, 6) is -0.190. The third kappa shape index (κ3) is 3.61. The van der Waals surface area contributed by atoms with Crippen molar-refractivity contribution in [3.63, 3.8) is 0 Å². The van der Waals surface area contributed by atoms with Gasteiger partial charge in [0.1, 0.15) is 0 Å². The lowest BCUT2D eigenvalue weighted by molar-refractivity contribution is 0.186. The quantitative estimate of drug-likeness (QED) is 0.858. The Morgan fingerprint density at radius 2 is 2.06 bits per heavy atom. The number of hydrogen-bond acceptors (Lipinski definition) is 3. The van der Waals surface area contributed by atoms with E-state index in [1.165, 1.54) is 0 Å². The Balaban J connectivity index is 2.86. The van der Waals surface area contributed by atoms with Crippen LogP contribution in [0.3, 0.4) is 0 Å². The molecule has 0 aliphatic rings. The van der Waals surface area contributed by atoms with Crippen LogP contribution in [0.15, 0.2) is 29.2 Å². The van der Waals surface area contributed by atoms with E-state index in [4.69, 9.17) is 0 Å². The molecule has 0 saturated heterocycles. The molecule has 1 aromatic rings. The number of aliphatic hydroxyl groups excluding tert-OH is 1. The summed E-state index contributed by atoms with van der Waals surface area (Å²) in [6.07, 6.45) is 0.533. The molecule has 1 atom stereocenters. The number of rotatable bonds is 5. The highest BCUT2D eigenvalue weighted by molar-refractivity contribution is 7.91. The molecule has 1 rings (SSSR count). The second-order valence-corrected chi connectivity index (χ2v) is 6.07. The van der Waals surface area contributed by atoms with Crippen LogP contribution in [0.1, 0.15) is 25.3 Å². The van der Waals surface area contributed by atoms with E-state index in [2.05, 4.69) is 0 Å². The number of sulfone groups is 1. The first-order valence-electron chi connectivity index (χ1n) is 5.43. The van der Waals surface area contributed by atoms with Gasteiger partial charge in [-0.15, -0.1) is 0 Å². The zero-order chi connectivity index (χ0) is 12.2. The predicted molar refractivity (Wildman–Crippen MR) is 64.1 cm³/mol. The lowest BCUT2D eigenvalue weighted by atomic mass is 10.2. The molecule has 0 amide bonds. The second-order valence-electron chi connectivity index (χ2n) is 4.04. The predicted octanol–water partition coefficient (Wildman–Crippen LogP) is 1.93. The van der Waals surface area contributed by atoms with Gasteiger partial charge in [0.15, 0.2) is 9.84 Å². The van der Waals surface area contributed by atoms with Crippen LogP contribution in [-0.2, 0) is 9.84 Å². The van der Waals surface area contributed by atoms with Gasteiger partial charge in [-0.2, -0.15) is 0 Å². The van der Waals surface area contributed by atoms with Crippen molar-refractivity contribution in [1.29, 1.82) is 0 Å². The summed E-state index contributed by atoms with van der Waals surface area (Å²) in [5, 5.41) is 9.54. The molecule has 90 valence electrons. The monoisotopic (exact) mass is 242 g/mol. The van der Waals surface area contributed by atoms with Gasteiger partial charge in [-0.05, 0) is 31.0 Å². The normalized spacial score (nSPS) is 13.7. The maximum Gasteiger partial charge on any atom is 0.180 e. The smallest absolute Gasteiger partial charge is 0.180 e. The van der Waals surface area contributed by atoms with Gasteiger partial charge in [-0.3, -0.25) is 0 Å². The van der Waals surface area contributed by atoms with Gasteiger partial charge < -0.3 is 5.11 Å². The van der Waals surface area contributed by atoms with Crippen LogP contribution in [0.5, 0.6) is 0 Å². The molecular formula is C12H18O3S. The van der Waals surface area contributed by atoms with E-state index in [1.807, 2.05) is 19.9 Å². The van der Waals surface area contributed by atoms with Gasteiger partial charge in [0.05, 0.1) is 16.8 Å². The van der Waals surface area contributed by atoms with Gasteiger partial charge in [-0.25, -0.2) is 8.42 Å². The lowest BCUT2D eigenvalue weighted by Crippen LogP contribution is -2.20. The Morgan fingerprint density at radius 1 is 1.38 bits per heavy atom. The van der Waals surface area contributed by atoms with Crippen molar-refractivity contribution in [3.05, 3.63) is 29.8 Å². The van der Waals surface area contributed by atoms with Gasteiger partial charge in [0, 0.05) is 0 Å². The Kier molecular flexibility index (Phi) is 4.50. The molecule has 0 heterocycles. The highest BCUT2D eigenvalue weighted by Gasteiger charge is 2.19. The van der Waals surface area contributed by atoms with Crippen molar-refractivity contribution < 1.29 is 13.5 Å². The van der Waals surface area contributed by atoms with Crippen LogP contribution < -0.4 is 0 Å². The maximum atomic E-state index is 11.9. The Bertz CT molecular complexity index is 437. The van der Waals surface area contributed by atoms with Gasteiger partial charge in [0.25, 0.3) is 0 Å². The number of aliphatic hydroxyl groups is 1. The van der Waals surface area contributed by atoms with Gasteiger partial charge in [0.2, 0.25) is 0 Å². The van der Waals surface area contributed by atoms with Crippen LogP contribution >= 0.6 is 0 Å². The van der Waals surface area contributed by atoms with Crippen molar-refractivity contribution in [2.75, 3.05) is 5.75 Å². The molecule has 16 heavy (non-hydrogen) atoms. The third-order valence-corrected chi connectivity index (χ3v) is 4.18. The topological polar surface area (TPSA) is 54.4 Å². The van der Waals surface area contributed by atoms with E-state index >= 15 is 0 Å². The van der Waals surface area contributed by atoms with Crippen LogP contribution in [0.2, 0.25) is 0 Å². The fourth-order valence-corrected chi connectivity index (χ4v) is 3.09. The standard InChI is InChI=1S/C12H18O3S/c1-3-5-11(13)9-16(14,15)12-7-4-6-10(2)8-12/h4,6-8,11,13H,3,5,9H2,1-2H3. The largest absolute Gasteiger partial charge is 0.392 e. The fraction of sp³-hybridized carbons (Fsp3) is 0.500. The minimum absolute atomic E-state index is 0.190. The molecule has 4 heteroatoms. The van der Waals surface area contributed by atoms with Crippen molar-refractivity contribution >= 4 is 9.84 Å². The molecule has 0 spiro atoms. The van der Waals surface area contributed by atoms with Crippen molar-refractivity contribution in [2.24, 2.45) is 0 Å². The van der Waals surface area contributed by atoms with Crippen molar-refractivity contribution in [2.45, 2.75) is 37.7 Å². The average molecular weight is 242 g/mol. The Morgan fingerprint density at radius 3 is 2.62 bits per heavy atom. The maximum absolute atomic E-state index is 11.9. The highest BCUT2D eigenvalue weighted by Crippen LogP contribution is 2.14. The van der Waals surface area contributed by atoms with Crippen LogP contribution in [-0.4, -0.2) is 25.4 Å². The zero-order valence-electron chi connectivity index (χ0n) is 9.68. The molecule has 0 aromatic heterocycles. The SMILES string of the molecule is CCCC(O)CS(=O)(=O)c1cccc(C)c1. The minimum Gasteiger partial charge on any atom is -0.392 e. The first-order chi connectivity index (χ1) is 7.45. The van der Waals surface area contributed by atoms with Gasteiger partial charge in [-0.1, -0.05) is 25.5 Å². The lowest BCUT2D eigenvalue weighted by Gasteiger charge is -2.10. The second kappa shape index (κ2) is 5.46. The van der Waals surface area contributed by atoms with E-state index < -0.39 is 15.9 Å². The van der Waals surface area contributed by atoms with E-state index in [1.54, 1.807) is 18.2 Å². The van der Waals surface area contributed by atoms with Crippen molar-refractivity contribution in [1.82, 2.24) is 0 Å². The molecule has 1 unspecified atom stereocenters. The van der Waals surface area contributed by atoms with E-state index in [0.717, 1.165) is 12.0 Å². The molecule has 0 fully saturated rings. The van der Waals surface area contributed by atoms with Crippen LogP contribution in [0.25, 0.3) is 0 Å². The zero-order valence-corrected chi connectivity index (χ0v) is 10.5. The number of hydrogen-bond donors (Lipinski definition) is 1. The molecule has 0 aliphatic carbocycles. The molecule has 0 saturated carbocycles. The van der Waals surface area contributed by atoms with Gasteiger partial charge >= 0.3 is 0 Å². The molecule has 0 radical (unpaired) electrons. The van der Waals surface area contributed by atoms with Crippen LogP contribution in [0, 0.1) is 6.92 Å². The first kappa shape index (κ1) is 13.2. The summed E-state index contributed by atoms with van der Waals surface area (Å²) in [7, 11) is -3.35. The fourth-order valence-electron chi connectivity index (χ4n) is 1.57. The summed E-state index contributed by atoms with van der Waals surface area (Å²) >= 11 is 0. The molecule has 3 nitrogen and oxygen atoms in total. The van der Waals surface area contributed by atoms with Crippen LogP contribution in [0.4, 0.5) is 0 Å². The van der Waals surface area contributed by atoms with E-state index in [0.29, 0.717) is 11.3 Å². The summed E-state index contributed by atoms with van der Waals surface area (Å²) in [6.45, 7) is 3.77. The summed E-state index contributed by atoms with van der Waals surface area (Å²) in [4.78, 5) is 0.294. The summed E-state index contributed by atoms with van der Waals surface area (Å²) < 4.78 is 23.8. The number of benzene rings is 1. The highest BCUT2D eigenvalue weighted by atomic mass is 32.2. The average Bonchev–Trinajstić information content (AvgIpc) is 2.17. The number of aryl methyl sites for hydroxylation is 1. The molecule has 1 N–H and O–H groups in total. The summed E-state index contributed by atoms with van der Waals surface area (Å²) in [6, 6.07) is 6.77.